The van der Waals surface area contributed by atoms with Crippen molar-refractivity contribution in [2.75, 3.05) is 31.2 Å². The Kier molecular flexibility index (Phi) is 5.76. The first-order chi connectivity index (χ1) is 10.4. The molecule has 1 aromatic heterocycles. The van der Waals surface area contributed by atoms with Crippen LogP contribution in [-0.4, -0.2) is 53.2 Å². The Labute approximate surface area is 130 Å². The van der Waals surface area contributed by atoms with E-state index < -0.39 is 12.8 Å². The fraction of sp³-hybridized carbons (Fsp3) is 0.538. The lowest BCUT2D eigenvalue weighted by Gasteiger charge is -2.27. The quantitative estimate of drug-likeness (QED) is 0.673. The van der Waals surface area contributed by atoms with Gasteiger partial charge < -0.3 is 15.4 Å². The summed E-state index contributed by atoms with van der Waals surface area (Å²) in [6.07, 6.45) is -2.99. The van der Waals surface area contributed by atoms with E-state index in [1.807, 2.05) is 16.7 Å². The molecule has 1 saturated heterocycles. The average molecular weight is 334 g/mol. The molecule has 0 atom stereocenters. The van der Waals surface area contributed by atoms with Crippen LogP contribution in [0.5, 0.6) is 5.88 Å². The van der Waals surface area contributed by atoms with E-state index in [0.29, 0.717) is 11.5 Å². The molecule has 0 radical (unpaired) electrons. The highest BCUT2D eigenvalue weighted by atomic mass is 32.2. The third-order valence-corrected chi connectivity index (χ3v) is 3.88. The standard InChI is InChI=1S/C13H17F3N4OS/c14-13(15,16)9-21-11-7-10(1-2-18-11)8-19-12(17)20-3-5-22-6-4-20/h1-2,7H,3-6,8-9H2,(H2,17,19). The van der Waals surface area contributed by atoms with Crippen LogP contribution in [0.2, 0.25) is 0 Å². The Morgan fingerprint density at radius 1 is 1.41 bits per heavy atom. The van der Waals surface area contributed by atoms with E-state index in [2.05, 4.69) is 14.7 Å². The van der Waals surface area contributed by atoms with Crippen molar-refractivity contribution in [3.8, 4) is 5.88 Å². The van der Waals surface area contributed by atoms with Gasteiger partial charge in [-0.1, -0.05) is 0 Å². The molecule has 9 heteroatoms. The van der Waals surface area contributed by atoms with Gasteiger partial charge in [0.1, 0.15) is 0 Å². The van der Waals surface area contributed by atoms with Crippen LogP contribution in [0.15, 0.2) is 23.3 Å². The predicted molar refractivity (Wildman–Crippen MR) is 80.0 cm³/mol. The smallest absolute Gasteiger partial charge is 0.422 e. The molecule has 0 aliphatic carbocycles. The molecule has 2 rings (SSSR count). The van der Waals surface area contributed by atoms with Gasteiger partial charge in [-0.25, -0.2) is 9.98 Å². The molecule has 1 fully saturated rings. The van der Waals surface area contributed by atoms with Gasteiger partial charge >= 0.3 is 6.18 Å². The number of aliphatic imine (C=N–C) groups is 1. The maximum absolute atomic E-state index is 12.1. The Bertz CT molecular complexity index is 518. The van der Waals surface area contributed by atoms with E-state index in [0.717, 1.165) is 24.6 Å². The zero-order valence-corrected chi connectivity index (χ0v) is 12.7. The second-order valence-electron chi connectivity index (χ2n) is 4.68. The molecule has 1 aromatic rings. The third-order valence-electron chi connectivity index (χ3n) is 2.94. The molecule has 1 aliphatic rings. The summed E-state index contributed by atoms with van der Waals surface area (Å²) in [5.41, 5.74) is 6.62. The van der Waals surface area contributed by atoms with E-state index in [1.165, 1.54) is 12.3 Å². The summed E-state index contributed by atoms with van der Waals surface area (Å²) in [5, 5.41) is 0. The number of ether oxygens (including phenoxy) is 1. The van der Waals surface area contributed by atoms with Crippen LogP contribution in [0.4, 0.5) is 13.2 Å². The second-order valence-corrected chi connectivity index (χ2v) is 5.90. The van der Waals surface area contributed by atoms with Crippen molar-refractivity contribution in [1.29, 1.82) is 0 Å². The van der Waals surface area contributed by atoms with E-state index in [9.17, 15) is 13.2 Å². The number of aromatic nitrogens is 1. The molecule has 2 N–H and O–H groups in total. The van der Waals surface area contributed by atoms with Crippen LogP contribution >= 0.6 is 11.8 Å². The number of pyridine rings is 1. The van der Waals surface area contributed by atoms with Gasteiger partial charge in [0.2, 0.25) is 5.88 Å². The van der Waals surface area contributed by atoms with E-state index in [1.54, 1.807) is 6.07 Å². The number of nitrogens with two attached hydrogens (primary N) is 1. The number of hydrogen-bond acceptors (Lipinski definition) is 4. The largest absolute Gasteiger partial charge is 0.468 e. The minimum atomic E-state index is -4.38. The van der Waals surface area contributed by atoms with Gasteiger partial charge in [-0.05, 0) is 11.6 Å². The van der Waals surface area contributed by atoms with Crippen molar-refractivity contribution in [3.63, 3.8) is 0 Å². The monoisotopic (exact) mass is 334 g/mol. The highest BCUT2D eigenvalue weighted by Crippen LogP contribution is 2.18. The molecule has 0 aromatic carbocycles. The highest BCUT2D eigenvalue weighted by Gasteiger charge is 2.28. The van der Waals surface area contributed by atoms with Crippen LogP contribution < -0.4 is 10.5 Å². The van der Waals surface area contributed by atoms with Crippen LogP contribution in [0.1, 0.15) is 5.56 Å². The van der Waals surface area contributed by atoms with E-state index in [4.69, 9.17) is 5.73 Å². The molecule has 0 spiro atoms. The maximum atomic E-state index is 12.1. The van der Waals surface area contributed by atoms with Crippen molar-refractivity contribution in [1.82, 2.24) is 9.88 Å². The van der Waals surface area contributed by atoms with E-state index in [-0.39, 0.29) is 12.4 Å². The number of rotatable bonds is 4. The molecule has 22 heavy (non-hydrogen) atoms. The molecule has 0 saturated carbocycles. The van der Waals surface area contributed by atoms with Gasteiger partial charge in [0.25, 0.3) is 0 Å². The van der Waals surface area contributed by atoms with Crippen molar-refractivity contribution in [3.05, 3.63) is 23.9 Å². The number of halogens is 3. The summed E-state index contributed by atoms with van der Waals surface area (Å²) in [5.74, 6) is 2.41. The van der Waals surface area contributed by atoms with Gasteiger partial charge in [0, 0.05) is 36.9 Å². The summed E-state index contributed by atoms with van der Waals surface area (Å²) in [6, 6.07) is 3.11. The number of guanidine groups is 1. The van der Waals surface area contributed by atoms with Gasteiger partial charge in [-0.2, -0.15) is 24.9 Å². The lowest BCUT2D eigenvalue weighted by atomic mass is 10.3. The maximum Gasteiger partial charge on any atom is 0.422 e. The van der Waals surface area contributed by atoms with Gasteiger partial charge in [-0.15, -0.1) is 0 Å². The van der Waals surface area contributed by atoms with Crippen molar-refractivity contribution < 1.29 is 17.9 Å². The molecule has 0 unspecified atom stereocenters. The topological polar surface area (TPSA) is 63.7 Å². The first-order valence-corrected chi connectivity index (χ1v) is 7.86. The lowest BCUT2D eigenvalue weighted by Crippen LogP contribution is -2.42. The fourth-order valence-electron chi connectivity index (χ4n) is 1.85. The number of hydrogen-bond donors (Lipinski definition) is 1. The zero-order valence-electron chi connectivity index (χ0n) is 11.8. The summed E-state index contributed by atoms with van der Waals surface area (Å²) in [4.78, 5) is 10.0. The lowest BCUT2D eigenvalue weighted by molar-refractivity contribution is -0.154. The molecule has 5 nitrogen and oxygen atoms in total. The van der Waals surface area contributed by atoms with Gasteiger partial charge in [0.15, 0.2) is 12.6 Å². The highest BCUT2D eigenvalue weighted by molar-refractivity contribution is 7.99. The molecule has 122 valence electrons. The number of thioether (sulfide) groups is 1. The molecule has 0 amide bonds. The summed E-state index contributed by atoms with van der Waals surface area (Å²) in [6.45, 7) is 0.632. The van der Waals surface area contributed by atoms with Crippen molar-refractivity contribution >= 4 is 17.7 Å². The zero-order chi connectivity index (χ0) is 16.0. The molecule has 1 aliphatic heterocycles. The van der Waals surface area contributed by atoms with Crippen LogP contribution in [0.3, 0.4) is 0 Å². The Morgan fingerprint density at radius 2 is 2.14 bits per heavy atom. The average Bonchev–Trinajstić information content (AvgIpc) is 2.51. The van der Waals surface area contributed by atoms with Crippen LogP contribution in [-0.2, 0) is 6.54 Å². The normalized spacial score (nSPS) is 16.7. The molecule has 2 heterocycles. The first-order valence-electron chi connectivity index (χ1n) is 6.71. The first kappa shape index (κ1) is 16.7. The molecular formula is C13H17F3N4OS. The van der Waals surface area contributed by atoms with Crippen molar-refractivity contribution in [2.45, 2.75) is 12.7 Å². The predicted octanol–water partition coefficient (Wildman–Crippen LogP) is 1.89. The fourth-order valence-corrected chi connectivity index (χ4v) is 2.75. The summed E-state index contributed by atoms with van der Waals surface area (Å²) in [7, 11) is 0. The van der Waals surface area contributed by atoms with Gasteiger partial charge in [0.05, 0.1) is 6.54 Å². The summed E-state index contributed by atoms with van der Waals surface area (Å²) >= 11 is 1.87. The second kappa shape index (κ2) is 7.57. The summed E-state index contributed by atoms with van der Waals surface area (Å²) < 4.78 is 40.9. The molecule has 0 bridgehead atoms. The van der Waals surface area contributed by atoms with E-state index >= 15 is 0 Å². The number of alkyl halides is 3. The van der Waals surface area contributed by atoms with Gasteiger partial charge in [-0.3, -0.25) is 0 Å². The minimum Gasteiger partial charge on any atom is -0.468 e. The van der Waals surface area contributed by atoms with Crippen molar-refractivity contribution in [2.24, 2.45) is 10.7 Å². The van der Waals surface area contributed by atoms with Crippen LogP contribution in [0, 0.1) is 0 Å². The SMILES string of the molecule is NC(=NCc1ccnc(OCC(F)(F)F)c1)N1CCSCC1. The minimum absolute atomic E-state index is 0.0713. The Hall–Kier alpha value is -1.64. The third kappa shape index (κ3) is 5.63. The van der Waals surface area contributed by atoms with Crippen LogP contribution in [0.25, 0.3) is 0 Å². The molecular weight excluding hydrogens is 317 g/mol. The Morgan fingerprint density at radius 3 is 2.82 bits per heavy atom. The Balaban J connectivity index is 1.92. The number of nitrogens with zero attached hydrogens (tertiary/aromatic N) is 3.